The maximum absolute atomic E-state index is 12.4. The van der Waals surface area contributed by atoms with E-state index >= 15 is 0 Å². The second kappa shape index (κ2) is 6.15. The molecule has 4 aliphatic carbocycles. The van der Waals surface area contributed by atoms with Crippen LogP contribution in [0.3, 0.4) is 0 Å². The quantitative estimate of drug-likeness (QED) is 0.538. The van der Waals surface area contributed by atoms with Crippen LogP contribution in [0.15, 0.2) is 10.5 Å². The SMILES string of the molecule is C[C@]12CCC(=O)C(S)=C1CC[C@@H]1[C@@H]2[C@@H](O)C[C@@]2(C)[C@H]1CC[C@]2(O)C(=O)CO. The van der Waals surface area contributed by atoms with Crippen LogP contribution in [-0.4, -0.2) is 45.2 Å². The van der Waals surface area contributed by atoms with Crippen molar-refractivity contribution in [3.63, 3.8) is 0 Å². The van der Waals surface area contributed by atoms with Crippen LogP contribution in [0, 0.1) is 28.6 Å². The van der Waals surface area contributed by atoms with E-state index in [0.717, 1.165) is 31.3 Å². The number of ketones is 2. The summed E-state index contributed by atoms with van der Waals surface area (Å²) >= 11 is 4.51. The predicted molar refractivity (Wildman–Crippen MR) is 103 cm³/mol. The first-order valence-corrected chi connectivity index (χ1v) is 10.6. The van der Waals surface area contributed by atoms with Crippen molar-refractivity contribution in [1.29, 1.82) is 0 Å². The second-order valence-corrected chi connectivity index (χ2v) is 10.1. The summed E-state index contributed by atoms with van der Waals surface area (Å²) in [5.41, 5.74) is -1.45. The second-order valence-electron chi connectivity index (χ2n) is 9.67. The largest absolute Gasteiger partial charge is 0.393 e. The van der Waals surface area contributed by atoms with Gasteiger partial charge in [0.25, 0.3) is 0 Å². The Morgan fingerprint density at radius 1 is 1.22 bits per heavy atom. The molecule has 0 radical (unpaired) electrons. The maximum atomic E-state index is 12.4. The van der Waals surface area contributed by atoms with Crippen LogP contribution in [0.2, 0.25) is 0 Å². The first-order valence-electron chi connectivity index (χ1n) is 10.1. The lowest BCUT2D eigenvalue weighted by Crippen LogP contribution is -2.62. The van der Waals surface area contributed by atoms with Crippen molar-refractivity contribution in [2.75, 3.05) is 6.61 Å². The van der Waals surface area contributed by atoms with Gasteiger partial charge in [-0.05, 0) is 67.3 Å². The highest BCUT2D eigenvalue weighted by atomic mass is 32.1. The Kier molecular flexibility index (Phi) is 4.47. The number of rotatable bonds is 2. The van der Waals surface area contributed by atoms with E-state index in [2.05, 4.69) is 19.6 Å². The summed E-state index contributed by atoms with van der Waals surface area (Å²) in [5.74, 6) is -0.0841. The smallest absolute Gasteiger partial charge is 0.190 e. The molecule has 3 saturated carbocycles. The van der Waals surface area contributed by atoms with Gasteiger partial charge in [0, 0.05) is 16.7 Å². The number of thiol groups is 1. The summed E-state index contributed by atoms with van der Waals surface area (Å²) in [6.07, 6.45) is 3.59. The molecule has 27 heavy (non-hydrogen) atoms. The monoisotopic (exact) mass is 394 g/mol. The molecule has 7 atom stereocenters. The van der Waals surface area contributed by atoms with Crippen molar-refractivity contribution >= 4 is 24.2 Å². The van der Waals surface area contributed by atoms with Gasteiger partial charge in [0.1, 0.15) is 12.2 Å². The topological polar surface area (TPSA) is 94.8 Å². The zero-order chi connectivity index (χ0) is 19.8. The number of allylic oxidation sites excluding steroid dienone is 1. The lowest BCUT2D eigenvalue weighted by atomic mass is 9.45. The van der Waals surface area contributed by atoms with E-state index in [9.17, 15) is 24.9 Å². The van der Waals surface area contributed by atoms with Gasteiger partial charge in [-0.3, -0.25) is 9.59 Å². The third-order valence-electron chi connectivity index (χ3n) is 8.79. The number of Topliss-reactive ketones (excluding diaryl/α,β-unsaturated/α-hetero) is 2. The molecule has 0 aromatic carbocycles. The average Bonchev–Trinajstić information content (AvgIpc) is 2.89. The Hall–Kier alpha value is -0.690. The molecule has 0 aromatic rings. The molecule has 0 spiro atoms. The van der Waals surface area contributed by atoms with Gasteiger partial charge in [-0.25, -0.2) is 0 Å². The van der Waals surface area contributed by atoms with E-state index in [4.69, 9.17) is 0 Å². The fraction of sp³-hybridized carbons (Fsp3) is 0.810. The summed E-state index contributed by atoms with van der Waals surface area (Å²) in [5, 5.41) is 31.8. The maximum Gasteiger partial charge on any atom is 0.190 e. The highest BCUT2D eigenvalue weighted by molar-refractivity contribution is 7.85. The fourth-order valence-corrected chi connectivity index (χ4v) is 7.89. The summed E-state index contributed by atoms with van der Waals surface area (Å²) in [6.45, 7) is 3.41. The van der Waals surface area contributed by atoms with Crippen molar-refractivity contribution < 1.29 is 24.9 Å². The van der Waals surface area contributed by atoms with Gasteiger partial charge in [0.05, 0.1) is 6.10 Å². The van der Waals surface area contributed by atoms with Crippen LogP contribution in [-0.2, 0) is 9.59 Å². The average molecular weight is 395 g/mol. The fourth-order valence-electron chi connectivity index (χ4n) is 7.41. The first-order chi connectivity index (χ1) is 12.6. The number of aliphatic hydroxyl groups is 3. The number of carbonyl (C=O) groups excluding carboxylic acids is 2. The van der Waals surface area contributed by atoms with Crippen LogP contribution in [0.4, 0.5) is 0 Å². The lowest BCUT2D eigenvalue weighted by Gasteiger charge is -2.60. The Balaban J connectivity index is 1.76. The van der Waals surface area contributed by atoms with Crippen LogP contribution in [0.25, 0.3) is 0 Å². The molecule has 0 bridgehead atoms. The van der Waals surface area contributed by atoms with E-state index in [1.54, 1.807) is 0 Å². The molecule has 0 saturated heterocycles. The summed E-state index contributed by atoms with van der Waals surface area (Å²) in [7, 11) is 0. The highest BCUT2D eigenvalue weighted by Gasteiger charge is 2.68. The zero-order valence-corrected chi connectivity index (χ0v) is 17.0. The van der Waals surface area contributed by atoms with E-state index in [1.165, 1.54) is 0 Å². The third-order valence-corrected chi connectivity index (χ3v) is 9.30. The minimum absolute atomic E-state index is 0.0150. The molecule has 5 nitrogen and oxygen atoms in total. The van der Waals surface area contributed by atoms with Crippen LogP contribution >= 0.6 is 12.6 Å². The van der Waals surface area contributed by atoms with Gasteiger partial charge >= 0.3 is 0 Å². The van der Waals surface area contributed by atoms with Crippen molar-refractivity contribution in [3.8, 4) is 0 Å². The van der Waals surface area contributed by atoms with Crippen molar-refractivity contribution in [1.82, 2.24) is 0 Å². The van der Waals surface area contributed by atoms with E-state index in [1.807, 2.05) is 6.92 Å². The van der Waals surface area contributed by atoms with E-state index in [0.29, 0.717) is 24.2 Å². The molecule has 4 rings (SSSR count). The highest BCUT2D eigenvalue weighted by Crippen LogP contribution is 2.68. The molecule has 150 valence electrons. The van der Waals surface area contributed by atoms with Crippen molar-refractivity contribution in [2.45, 2.75) is 70.5 Å². The molecule has 6 heteroatoms. The predicted octanol–water partition coefficient (Wildman–Crippen LogP) is 2.04. The first kappa shape index (κ1) is 19.6. The van der Waals surface area contributed by atoms with Gasteiger partial charge in [0.15, 0.2) is 11.6 Å². The number of hydrogen-bond acceptors (Lipinski definition) is 6. The van der Waals surface area contributed by atoms with E-state index < -0.39 is 29.5 Å². The normalized spacial score (nSPS) is 49.5. The molecular weight excluding hydrogens is 364 g/mol. The number of carbonyl (C=O) groups is 2. The molecule has 0 heterocycles. The van der Waals surface area contributed by atoms with Crippen molar-refractivity contribution in [3.05, 3.63) is 10.5 Å². The summed E-state index contributed by atoms with van der Waals surface area (Å²) in [4.78, 5) is 25.1. The molecular formula is C21H30O5S. The van der Waals surface area contributed by atoms with Gasteiger partial charge in [-0.1, -0.05) is 13.8 Å². The molecule has 0 unspecified atom stereocenters. The Morgan fingerprint density at radius 3 is 2.59 bits per heavy atom. The number of hydrogen-bond donors (Lipinski definition) is 4. The Bertz CT molecular complexity index is 732. The third kappa shape index (κ3) is 2.36. The number of aliphatic hydroxyl groups excluding tert-OH is 2. The van der Waals surface area contributed by atoms with Crippen LogP contribution in [0.1, 0.15) is 58.8 Å². The van der Waals surface area contributed by atoms with E-state index in [-0.39, 0.29) is 29.0 Å². The van der Waals surface area contributed by atoms with Crippen LogP contribution < -0.4 is 0 Å². The molecule has 0 aliphatic heterocycles. The van der Waals surface area contributed by atoms with Gasteiger partial charge < -0.3 is 15.3 Å². The summed E-state index contributed by atoms with van der Waals surface area (Å²) < 4.78 is 0. The summed E-state index contributed by atoms with van der Waals surface area (Å²) in [6, 6.07) is 0. The van der Waals surface area contributed by atoms with Gasteiger partial charge in [-0.2, -0.15) is 0 Å². The number of fused-ring (bicyclic) bond motifs is 5. The Labute approximate surface area is 165 Å². The molecule has 3 N–H and O–H groups in total. The standard InChI is InChI=1S/C21H30O5S/c1-19-7-6-14(23)18(27)13(19)4-3-11-12-5-8-21(26,16(25)10-22)20(12,2)9-15(24)17(11)19/h11-12,15,17,22,24,26-27H,3-10H2,1-2H3/t11-,12-,15-,17+,19-,20-,21-/m0/s1. The minimum Gasteiger partial charge on any atom is -0.393 e. The molecule has 0 aromatic heterocycles. The minimum atomic E-state index is -1.56. The molecule has 0 amide bonds. The molecule has 3 fully saturated rings. The van der Waals surface area contributed by atoms with Gasteiger partial charge in [-0.15, -0.1) is 12.6 Å². The lowest BCUT2D eigenvalue weighted by molar-refractivity contribution is -0.182. The molecule has 4 aliphatic rings. The van der Waals surface area contributed by atoms with Gasteiger partial charge in [0.2, 0.25) is 0 Å². The zero-order valence-electron chi connectivity index (χ0n) is 16.1. The Morgan fingerprint density at radius 2 is 1.93 bits per heavy atom. The van der Waals surface area contributed by atoms with Crippen molar-refractivity contribution in [2.24, 2.45) is 28.6 Å². The van der Waals surface area contributed by atoms with Crippen LogP contribution in [0.5, 0.6) is 0 Å².